The van der Waals surface area contributed by atoms with E-state index in [0.29, 0.717) is 6.61 Å². The predicted molar refractivity (Wildman–Crippen MR) is 56.7 cm³/mol. The minimum atomic E-state index is -0.288. The Kier molecular flexibility index (Phi) is 2.86. The number of hydrogen-bond acceptors (Lipinski definition) is 3. The Balaban J connectivity index is 2.08. The van der Waals surface area contributed by atoms with Gasteiger partial charge < -0.3 is 9.47 Å². The first-order valence-electron chi connectivity index (χ1n) is 5.77. The molecule has 0 saturated carbocycles. The van der Waals surface area contributed by atoms with Crippen LogP contribution in [0.3, 0.4) is 0 Å². The third-order valence-electron chi connectivity index (χ3n) is 3.27. The molecule has 3 nitrogen and oxygen atoms in total. The van der Waals surface area contributed by atoms with E-state index in [-0.39, 0.29) is 29.3 Å². The third kappa shape index (κ3) is 2.08. The zero-order valence-corrected chi connectivity index (χ0v) is 9.79. The molecule has 86 valence electrons. The average Bonchev–Trinajstić information content (AvgIpc) is 2.58. The van der Waals surface area contributed by atoms with Crippen LogP contribution < -0.4 is 0 Å². The van der Waals surface area contributed by atoms with Gasteiger partial charge in [-0.1, -0.05) is 20.8 Å². The van der Waals surface area contributed by atoms with E-state index in [4.69, 9.17) is 9.47 Å². The van der Waals surface area contributed by atoms with Crippen LogP contribution in [0.4, 0.5) is 0 Å². The van der Waals surface area contributed by atoms with Crippen molar-refractivity contribution in [2.24, 2.45) is 11.3 Å². The van der Waals surface area contributed by atoms with Crippen LogP contribution in [0.1, 0.15) is 33.6 Å². The maximum atomic E-state index is 12.2. The Morgan fingerprint density at radius 2 is 2.00 bits per heavy atom. The molecule has 3 heteroatoms. The molecule has 15 heavy (non-hydrogen) atoms. The fourth-order valence-corrected chi connectivity index (χ4v) is 2.43. The van der Waals surface area contributed by atoms with Crippen molar-refractivity contribution in [3.63, 3.8) is 0 Å². The molecule has 2 fully saturated rings. The fraction of sp³-hybridized carbons (Fsp3) is 0.917. The van der Waals surface area contributed by atoms with Gasteiger partial charge >= 0.3 is 0 Å². The van der Waals surface area contributed by atoms with Crippen molar-refractivity contribution in [3.05, 3.63) is 0 Å². The number of fused-ring (bicyclic) bond motifs is 1. The maximum absolute atomic E-state index is 12.2. The molecule has 2 rings (SSSR count). The van der Waals surface area contributed by atoms with E-state index in [1.807, 2.05) is 20.8 Å². The van der Waals surface area contributed by atoms with Crippen molar-refractivity contribution >= 4 is 5.78 Å². The molecule has 2 aliphatic rings. The van der Waals surface area contributed by atoms with E-state index >= 15 is 0 Å². The van der Waals surface area contributed by atoms with Crippen molar-refractivity contribution in [1.82, 2.24) is 0 Å². The smallest absolute Gasteiger partial charge is 0.146 e. The second-order valence-electron chi connectivity index (χ2n) is 5.57. The monoisotopic (exact) mass is 212 g/mol. The van der Waals surface area contributed by atoms with Gasteiger partial charge in [0.05, 0.1) is 24.7 Å². The summed E-state index contributed by atoms with van der Waals surface area (Å²) in [6, 6.07) is 0. The lowest BCUT2D eigenvalue weighted by molar-refractivity contribution is -0.135. The van der Waals surface area contributed by atoms with Crippen LogP contribution in [0, 0.1) is 11.3 Å². The zero-order chi connectivity index (χ0) is 11.1. The number of carbonyl (C=O) groups excluding carboxylic acids is 1. The van der Waals surface area contributed by atoms with Gasteiger partial charge in [-0.2, -0.15) is 0 Å². The van der Waals surface area contributed by atoms with Crippen LogP contribution in [0.15, 0.2) is 0 Å². The molecule has 0 aromatic heterocycles. The number of ether oxygens (including phenoxy) is 2. The minimum Gasteiger partial charge on any atom is -0.375 e. The van der Waals surface area contributed by atoms with Crippen LogP contribution in [-0.2, 0) is 14.3 Å². The first kappa shape index (κ1) is 11.1. The van der Waals surface area contributed by atoms with Crippen LogP contribution in [0.25, 0.3) is 0 Å². The van der Waals surface area contributed by atoms with E-state index < -0.39 is 0 Å². The summed E-state index contributed by atoms with van der Waals surface area (Å²) in [5, 5.41) is 0. The van der Waals surface area contributed by atoms with Gasteiger partial charge in [0, 0.05) is 12.0 Å². The second kappa shape index (κ2) is 3.87. The highest BCUT2D eigenvalue weighted by Gasteiger charge is 2.46. The highest BCUT2D eigenvalue weighted by atomic mass is 16.6. The van der Waals surface area contributed by atoms with Gasteiger partial charge in [0.15, 0.2) is 0 Å². The van der Waals surface area contributed by atoms with E-state index in [1.165, 1.54) is 0 Å². The van der Waals surface area contributed by atoms with Crippen molar-refractivity contribution in [2.45, 2.75) is 45.8 Å². The number of ketones is 1. The Hall–Kier alpha value is -0.410. The lowest BCUT2D eigenvalue weighted by Gasteiger charge is -2.29. The van der Waals surface area contributed by atoms with Gasteiger partial charge in [0.2, 0.25) is 0 Å². The van der Waals surface area contributed by atoms with E-state index in [1.54, 1.807) is 0 Å². The highest BCUT2D eigenvalue weighted by molar-refractivity contribution is 5.87. The molecule has 0 N–H and O–H groups in total. The number of rotatable bonds is 1. The summed E-state index contributed by atoms with van der Waals surface area (Å²) in [7, 11) is 0. The van der Waals surface area contributed by atoms with E-state index in [2.05, 4.69) is 0 Å². The Morgan fingerprint density at radius 1 is 1.27 bits per heavy atom. The number of hydrogen-bond donors (Lipinski definition) is 0. The molecule has 3 atom stereocenters. The molecular formula is C12H20O3. The summed E-state index contributed by atoms with van der Waals surface area (Å²) in [6.07, 6.45) is 2.27. The standard InChI is InChI=1S/C12H20O3/c1-12(2,3)11(13)8-7-15-9-5-4-6-14-10(8)9/h8-10H,4-7H2,1-3H3/t8-,9-,10-/m0/s1. The topological polar surface area (TPSA) is 35.5 Å². The Bertz CT molecular complexity index is 254. The van der Waals surface area contributed by atoms with Gasteiger partial charge in [-0.05, 0) is 12.8 Å². The summed E-state index contributed by atoms with van der Waals surface area (Å²) in [5.74, 6) is 0.229. The highest BCUT2D eigenvalue weighted by Crippen LogP contribution is 2.34. The van der Waals surface area contributed by atoms with Gasteiger partial charge in [0.1, 0.15) is 5.78 Å². The van der Waals surface area contributed by atoms with E-state index in [9.17, 15) is 4.79 Å². The lowest BCUT2D eigenvalue weighted by atomic mass is 9.80. The summed E-state index contributed by atoms with van der Waals surface area (Å²) in [4.78, 5) is 12.2. The minimum absolute atomic E-state index is 0.0190. The van der Waals surface area contributed by atoms with Gasteiger partial charge in [0.25, 0.3) is 0 Å². The fourth-order valence-electron chi connectivity index (χ4n) is 2.43. The van der Waals surface area contributed by atoms with Crippen LogP contribution in [0.5, 0.6) is 0 Å². The van der Waals surface area contributed by atoms with Crippen LogP contribution >= 0.6 is 0 Å². The van der Waals surface area contributed by atoms with Crippen LogP contribution in [0.2, 0.25) is 0 Å². The summed E-state index contributed by atoms with van der Waals surface area (Å²) >= 11 is 0. The maximum Gasteiger partial charge on any atom is 0.146 e. The second-order valence-corrected chi connectivity index (χ2v) is 5.57. The Labute approximate surface area is 91.1 Å². The zero-order valence-electron chi connectivity index (χ0n) is 9.79. The molecule has 0 aromatic carbocycles. The van der Waals surface area contributed by atoms with Gasteiger partial charge in [-0.3, -0.25) is 4.79 Å². The molecule has 0 unspecified atom stereocenters. The average molecular weight is 212 g/mol. The van der Waals surface area contributed by atoms with E-state index in [0.717, 1.165) is 19.4 Å². The molecule has 0 aromatic rings. The van der Waals surface area contributed by atoms with Gasteiger partial charge in [-0.25, -0.2) is 0 Å². The SMILES string of the molecule is CC(C)(C)C(=O)[C@H]1CO[C@H]2CCCO[C@H]21. The molecule has 0 bridgehead atoms. The summed E-state index contributed by atoms with van der Waals surface area (Å²) < 4.78 is 11.3. The normalized spacial score (nSPS) is 36.3. The quantitative estimate of drug-likeness (QED) is 0.665. The number of Topliss-reactive ketones (excluding diaryl/α,β-unsaturated/α-hetero) is 1. The van der Waals surface area contributed by atoms with Gasteiger partial charge in [-0.15, -0.1) is 0 Å². The predicted octanol–water partition coefficient (Wildman–Crippen LogP) is 1.80. The summed E-state index contributed by atoms with van der Waals surface area (Å²) in [5.41, 5.74) is -0.288. The first-order chi connectivity index (χ1) is 7.00. The molecule has 2 heterocycles. The van der Waals surface area contributed by atoms with Crippen molar-refractivity contribution < 1.29 is 14.3 Å². The first-order valence-corrected chi connectivity index (χ1v) is 5.77. The molecule has 2 aliphatic heterocycles. The van der Waals surface area contributed by atoms with Crippen molar-refractivity contribution in [1.29, 1.82) is 0 Å². The largest absolute Gasteiger partial charge is 0.375 e. The molecule has 0 amide bonds. The van der Waals surface area contributed by atoms with Crippen LogP contribution in [-0.4, -0.2) is 31.2 Å². The molecule has 2 saturated heterocycles. The van der Waals surface area contributed by atoms with Crippen molar-refractivity contribution in [3.8, 4) is 0 Å². The molecule has 0 aliphatic carbocycles. The van der Waals surface area contributed by atoms with Crippen molar-refractivity contribution in [2.75, 3.05) is 13.2 Å². The lowest BCUT2D eigenvalue weighted by Crippen LogP contribution is -2.41. The Morgan fingerprint density at radius 3 is 2.67 bits per heavy atom. The summed E-state index contributed by atoms with van der Waals surface area (Å²) in [6.45, 7) is 7.21. The molecule has 0 spiro atoms. The third-order valence-corrected chi connectivity index (χ3v) is 3.27. The molecular weight excluding hydrogens is 192 g/mol. The number of carbonyl (C=O) groups is 1. The molecule has 0 radical (unpaired) electrons.